The normalized spacial score (nSPS) is 13.5. The first-order chi connectivity index (χ1) is 14.8. The van der Waals surface area contributed by atoms with Gasteiger partial charge >= 0.3 is 0 Å². The van der Waals surface area contributed by atoms with Gasteiger partial charge in [-0.15, -0.1) is 0 Å². The van der Waals surface area contributed by atoms with Crippen LogP contribution >= 0.6 is 0 Å². The van der Waals surface area contributed by atoms with E-state index in [1.54, 1.807) is 6.21 Å². The van der Waals surface area contributed by atoms with E-state index in [9.17, 15) is 4.79 Å². The first kappa shape index (κ1) is 18.2. The molecule has 4 aromatic rings. The summed E-state index contributed by atoms with van der Waals surface area (Å²) >= 11 is 0. The van der Waals surface area contributed by atoms with Gasteiger partial charge in [-0.25, -0.2) is 10.4 Å². The van der Waals surface area contributed by atoms with Gasteiger partial charge in [0, 0.05) is 11.3 Å². The van der Waals surface area contributed by atoms with Gasteiger partial charge < -0.3 is 0 Å². The third-order valence-corrected chi connectivity index (χ3v) is 5.38. The largest absolute Gasteiger partial charge is 0.291 e. The van der Waals surface area contributed by atoms with Crippen LogP contribution in [0.4, 0.5) is 5.95 Å². The Labute approximate surface area is 173 Å². The number of aryl methyl sites for hydroxylation is 1. The van der Waals surface area contributed by atoms with Gasteiger partial charge in [-0.05, 0) is 42.4 Å². The molecule has 6 nitrogen and oxygen atoms in total. The molecule has 1 aliphatic rings. The number of hydrogen-bond donors (Lipinski definition) is 2. The van der Waals surface area contributed by atoms with Gasteiger partial charge in [0.15, 0.2) is 5.65 Å². The molecule has 0 radical (unpaired) electrons. The second-order valence-corrected chi connectivity index (χ2v) is 7.38. The van der Waals surface area contributed by atoms with E-state index in [4.69, 9.17) is 4.98 Å². The highest BCUT2D eigenvalue weighted by molar-refractivity contribution is 5.95. The Bertz CT molecular complexity index is 1280. The molecule has 2 aromatic carbocycles. The Balaban J connectivity index is 1.61. The topological polar surface area (TPSA) is 83.0 Å². The number of H-pyrrole nitrogens is 1. The first-order valence-corrected chi connectivity index (χ1v) is 10.1. The maximum absolute atomic E-state index is 13.1. The molecule has 6 heteroatoms. The van der Waals surface area contributed by atoms with Crippen LogP contribution in [0.2, 0.25) is 0 Å². The number of benzene rings is 2. The molecular weight excluding hydrogens is 374 g/mol. The number of aromatic amines is 1. The standard InChI is InChI=1S/C24H21N5O/c30-23-21-20(17-11-5-2-6-12-17)18-13-7-8-14-19(18)26-22(21)27-24(28-23)29-25-15-16-9-3-1-4-10-16/h1-6,9-12,15H,7-8,13-14H2,(H2,26,27,28,29,30)/b25-15-. The highest BCUT2D eigenvalue weighted by Crippen LogP contribution is 2.34. The Morgan fingerprint density at radius 1 is 0.933 bits per heavy atom. The molecule has 0 amide bonds. The molecule has 0 aliphatic heterocycles. The summed E-state index contributed by atoms with van der Waals surface area (Å²) in [5, 5.41) is 4.73. The molecule has 30 heavy (non-hydrogen) atoms. The molecule has 0 saturated carbocycles. The first-order valence-electron chi connectivity index (χ1n) is 10.1. The zero-order chi connectivity index (χ0) is 20.3. The molecule has 0 atom stereocenters. The van der Waals surface area contributed by atoms with Crippen LogP contribution in [0.3, 0.4) is 0 Å². The Morgan fingerprint density at radius 2 is 1.67 bits per heavy atom. The summed E-state index contributed by atoms with van der Waals surface area (Å²) in [6.07, 6.45) is 5.74. The quantitative estimate of drug-likeness (QED) is 0.398. The van der Waals surface area contributed by atoms with Crippen molar-refractivity contribution in [3.8, 4) is 11.1 Å². The number of pyridine rings is 1. The number of rotatable bonds is 4. The van der Waals surface area contributed by atoms with Gasteiger partial charge in [0.05, 0.1) is 11.6 Å². The van der Waals surface area contributed by atoms with E-state index in [1.165, 1.54) is 5.56 Å². The molecule has 5 rings (SSSR count). The van der Waals surface area contributed by atoms with Crippen molar-refractivity contribution in [1.29, 1.82) is 0 Å². The van der Waals surface area contributed by atoms with Gasteiger partial charge in [-0.3, -0.25) is 9.78 Å². The SMILES string of the molecule is O=c1[nH]c(N/N=C\c2ccccc2)nc2nc3c(c(-c4ccccc4)c12)CCCC3. The van der Waals surface area contributed by atoms with Gasteiger partial charge in [0.25, 0.3) is 5.56 Å². The minimum absolute atomic E-state index is 0.211. The lowest BCUT2D eigenvalue weighted by Gasteiger charge is -2.20. The summed E-state index contributed by atoms with van der Waals surface area (Å²) in [4.78, 5) is 25.2. The second kappa shape index (κ2) is 7.91. The number of aromatic nitrogens is 3. The third kappa shape index (κ3) is 3.48. The second-order valence-electron chi connectivity index (χ2n) is 7.38. The summed E-state index contributed by atoms with van der Waals surface area (Å²) in [6, 6.07) is 19.8. The van der Waals surface area contributed by atoms with E-state index in [0.717, 1.165) is 48.1 Å². The zero-order valence-electron chi connectivity index (χ0n) is 16.4. The van der Waals surface area contributed by atoms with Gasteiger partial charge in [0.1, 0.15) is 0 Å². The molecule has 2 aromatic heterocycles. The van der Waals surface area contributed by atoms with E-state index < -0.39 is 0 Å². The highest BCUT2D eigenvalue weighted by Gasteiger charge is 2.22. The third-order valence-electron chi connectivity index (χ3n) is 5.38. The minimum atomic E-state index is -0.211. The van der Waals surface area contributed by atoms with Crippen molar-refractivity contribution in [2.24, 2.45) is 5.10 Å². The fraction of sp³-hybridized carbons (Fsp3) is 0.167. The molecule has 0 spiro atoms. The van der Waals surface area contributed by atoms with E-state index in [2.05, 4.69) is 20.5 Å². The van der Waals surface area contributed by atoms with E-state index in [0.29, 0.717) is 11.0 Å². The summed E-state index contributed by atoms with van der Waals surface area (Å²) in [6.45, 7) is 0. The Kier molecular flexibility index (Phi) is 4.81. The number of hydrazone groups is 1. The van der Waals surface area contributed by atoms with Crippen LogP contribution in [-0.2, 0) is 12.8 Å². The van der Waals surface area contributed by atoms with Crippen molar-refractivity contribution in [1.82, 2.24) is 15.0 Å². The summed E-state index contributed by atoms with van der Waals surface area (Å²) in [7, 11) is 0. The number of anilines is 1. The van der Waals surface area contributed by atoms with Crippen molar-refractivity contribution >= 4 is 23.2 Å². The van der Waals surface area contributed by atoms with Gasteiger partial charge in [-0.2, -0.15) is 10.1 Å². The zero-order valence-corrected chi connectivity index (χ0v) is 16.4. The molecule has 2 N–H and O–H groups in total. The van der Waals surface area contributed by atoms with Crippen LogP contribution in [0.15, 0.2) is 70.6 Å². The van der Waals surface area contributed by atoms with Crippen LogP contribution in [0.25, 0.3) is 22.2 Å². The molecule has 0 fully saturated rings. The molecule has 2 heterocycles. The maximum atomic E-state index is 13.1. The molecule has 0 saturated heterocycles. The molecule has 0 unspecified atom stereocenters. The van der Waals surface area contributed by atoms with Crippen molar-refractivity contribution < 1.29 is 0 Å². The predicted octanol–water partition coefficient (Wildman–Crippen LogP) is 4.31. The van der Waals surface area contributed by atoms with E-state index in [-0.39, 0.29) is 11.5 Å². The van der Waals surface area contributed by atoms with Crippen LogP contribution in [-0.4, -0.2) is 21.2 Å². The van der Waals surface area contributed by atoms with Gasteiger partial charge in [-0.1, -0.05) is 60.7 Å². The molecule has 0 bridgehead atoms. The highest BCUT2D eigenvalue weighted by atomic mass is 16.1. The lowest BCUT2D eigenvalue weighted by molar-refractivity contribution is 0.671. The van der Waals surface area contributed by atoms with Crippen LogP contribution < -0.4 is 11.0 Å². The number of hydrogen-bond acceptors (Lipinski definition) is 5. The number of nitrogens with one attached hydrogen (secondary N) is 2. The molecule has 148 valence electrons. The van der Waals surface area contributed by atoms with E-state index >= 15 is 0 Å². The fourth-order valence-electron chi connectivity index (χ4n) is 4.01. The average molecular weight is 395 g/mol. The summed E-state index contributed by atoms with van der Waals surface area (Å²) in [5.41, 5.74) is 8.23. The van der Waals surface area contributed by atoms with Crippen LogP contribution in [0.1, 0.15) is 29.7 Å². The Morgan fingerprint density at radius 3 is 2.47 bits per heavy atom. The smallest absolute Gasteiger partial charge is 0.262 e. The monoisotopic (exact) mass is 395 g/mol. The van der Waals surface area contributed by atoms with Crippen molar-refractivity contribution in [3.63, 3.8) is 0 Å². The lowest BCUT2D eigenvalue weighted by atomic mass is 9.87. The molecular formula is C24H21N5O. The van der Waals surface area contributed by atoms with Crippen molar-refractivity contribution in [3.05, 3.63) is 87.8 Å². The fourth-order valence-corrected chi connectivity index (χ4v) is 4.01. The molecule has 1 aliphatic carbocycles. The minimum Gasteiger partial charge on any atom is -0.291 e. The van der Waals surface area contributed by atoms with Gasteiger partial charge in [0.2, 0.25) is 5.95 Å². The Hall–Kier alpha value is -3.80. The van der Waals surface area contributed by atoms with E-state index in [1.807, 2.05) is 60.7 Å². The predicted molar refractivity (Wildman–Crippen MR) is 120 cm³/mol. The van der Waals surface area contributed by atoms with Crippen molar-refractivity contribution in [2.75, 3.05) is 5.43 Å². The van der Waals surface area contributed by atoms with Crippen molar-refractivity contribution in [2.45, 2.75) is 25.7 Å². The summed E-state index contributed by atoms with van der Waals surface area (Å²) < 4.78 is 0. The van der Waals surface area contributed by atoms with Crippen LogP contribution in [0, 0.1) is 0 Å². The number of nitrogens with zero attached hydrogens (tertiary/aromatic N) is 3. The maximum Gasteiger partial charge on any atom is 0.262 e. The lowest BCUT2D eigenvalue weighted by Crippen LogP contribution is -2.17. The average Bonchev–Trinajstić information content (AvgIpc) is 2.79. The summed E-state index contributed by atoms with van der Waals surface area (Å²) in [5.74, 6) is 0.280. The number of fused-ring (bicyclic) bond motifs is 2. The van der Waals surface area contributed by atoms with Crippen LogP contribution in [0.5, 0.6) is 0 Å².